The quantitative estimate of drug-likeness (QED) is 0.762. The number of fused-ring (bicyclic) bond motifs is 1. The molecule has 2 aliphatic heterocycles. The molecule has 0 radical (unpaired) electrons. The molecule has 2 aromatic carbocycles. The van der Waals surface area contributed by atoms with Crippen LogP contribution in [0.1, 0.15) is 15.9 Å². The molecule has 1 saturated heterocycles. The molecule has 134 valence electrons. The number of ketones is 1. The summed E-state index contributed by atoms with van der Waals surface area (Å²) < 4.78 is 30.3. The molecule has 0 bridgehead atoms. The van der Waals surface area contributed by atoms with Crippen LogP contribution in [0.3, 0.4) is 0 Å². The lowest BCUT2D eigenvalue weighted by Gasteiger charge is -2.28. The Hall–Kier alpha value is -2.44. The van der Waals surface area contributed by atoms with E-state index in [1.54, 1.807) is 24.3 Å². The number of ether oxygens (including phenoxy) is 1. The molecule has 0 unspecified atom stereocenters. The van der Waals surface area contributed by atoms with Gasteiger partial charge in [0.15, 0.2) is 15.6 Å². The van der Waals surface area contributed by atoms with Crippen LogP contribution < -0.4 is 4.90 Å². The van der Waals surface area contributed by atoms with Gasteiger partial charge >= 0.3 is 0 Å². The van der Waals surface area contributed by atoms with Crippen molar-refractivity contribution in [1.29, 1.82) is 0 Å². The smallest absolute Gasteiger partial charge is 0.191 e. The van der Waals surface area contributed by atoms with E-state index in [0.29, 0.717) is 5.57 Å². The number of hydrogen-bond acceptors (Lipinski definition) is 5. The van der Waals surface area contributed by atoms with Crippen molar-refractivity contribution in [2.75, 3.05) is 37.0 Å². The summed E-state index contributed by atoms with van der Waals surface area (Å²) in [7, 11) is -3.48. The zero-order valence-electron chi connectivity index (χ0n) is 14.2. The normalized spacial score (nSPS) is 20.8. The average molecular weight is 369 g/mol. The first-order valence-electron chi connectivity index (χ1n) is 8.54. The van der Waals surface area contributed by atoms with Crippen LogP contribution in [0.4, 0.5) is 5.69 Å². The minimum absolute atomic E-state index is 0.129. The van der Waals surface area contributed by atoms with Gasteiger partial charge in [-0.1, -0.05) is 24.3 Å². The van der Waals surface area contributed by atoms with Crippen LogP contribution in [-0.2, 0) is 14.6 Å². The summed E-state index contributed by atoms with van der Waals surface area (Å²) in [6, 6.07) is 14.2. The molecule has 0 amide bonds. The van der Waals surface area contributed by atoms with Crippen molar-refractivity contribution in [3.8, 4) is 0 Å². The first-order chi connectivity index (χ1) is 12.5. The van der Waals surface area contributed by atoms with Gasteiger partial charge in [0.1, 0.15) is 0 Å². The minimum atomic E-state index is -3.48. The lowest BCUT2D eigenvalue weighted by molar-refractivity contribution is 0.103. The van der Waals surface area contributed by atoms with Crippen molar-refractivity contribution in [1.82, 2.24) is 0 Å². The zero-order chi connectivity index (χ0) is 18.1. The van der Waals surface area contributed by atoms with Gasteiger partial charge in [0.25, 0.3) is 0 Å². The zero-order valence-corrected chi connectivity index (χ0v) is 15.0. The van der Waals surface area contributed by atoms with E-state index in [1.165, 1.54) is 6.07 Å². The number of anilines is 1. The number of carbonyl (C=O) groups is 1. The molecule has 2 heterocycles. The standard InChI is InChI=1S/C20H19NO4S/c22-20-16(14-26(23,24)19-4-2-1-3-18(19)20)13-15-5-7-17(8-6-15)21-9-11-25-12-10-21/h1-8,13H,9-12,14H2. The Balaban J connectivity index is 1.63. The van der Waals surface area contributed by atoms with E-state index >= 15 is 0 Å². The second kappa shape index (κ2) is 6.70. The van der Waals surface area contributed by atoms with Crippen LogP contribution in [0.15, 0.2) is 59.0 Å². The maximum absolute atomic E-state index is 12.7. The molecular weight excluding hydrogens is 350 g/mol. The third-order valence-corrected chi connectivity index (χ3v) is 6.43. The third-order valence-electron chi connectivity index (χ3n) is 4.71. The number of morpholine rings is 1. The van der Waals surface area contributed by atoms with Crippen molar-refractivity contribution < 1.29 is 17.9 Å². The largest absolute Gasteiger partial charge is 0.378 e. The topological polar surface area (TPSA) is 63.7 Å². The van der Waals surface area contributed by atoms with Crippen molar-refractivity contribution in [3.05, 3.63) is 65.2 Å². The van der Waals surface area contributed by atoms with Crippen LogP contribution in [0.5, 0.6) is 0 Å². The molecule has 0 aromatic heterocycles. The molecule has 0 aliphatic carbocycles. The summed E-state index contributed by atoms with van der Waals surface area (Å²) in [6.07, 6.45) is 1.68. The summed E-state index contributed by atoms with van der Waals surface area (Å²) in [6.45, 7) is 3.15. The Bertz CT molecular complexity index is 971. The Morgan fingerprint density at radius 2 is 1.65 bits per heavy atom. The number of Topliss-reactive ketones (excluding diaryl/α,β-unsaturated/α-hetero) is 1. The second-order valence-electron chi connectivity index (χ2n) is 6.44. The molecule has 0 spiro atoms. The third kappa shape index (κ3) is 3.18. The predicted octanol–water partition coefficient (Wildman–Crippen LogP) is 2.58. The van der Waals surface area contributed by atoms with Crippen molar-refractivity contribution >= 4 is 27.4 Å². The second-order valence-corrected chi connectivity index (χ2v) is 8.40. The highest BCUT2D eigenvalue weighted by Crippen LogP contribution is 2.29. The summed E-state index contributed by atoms with van der Waals surface area (Å²) in [5, 5.41) is 0. The van der Waals surface area contributed by atoms with Crippen LogP contribution in [0, 0.1) is 0 Å². The van der Waals surface area contributed by atoms with E-state index in [-0.39, 0.29) is 22.0 Å². The molecule has 2 aromatic rings. The molecule has 0 saturated carbocycles. The molecule has 4 rings (SSSR count). The highest BCUT2D eigenvalue weighted by atomic mass is 32.2. The number of rotatable bonds is 2. The molecule has 5 nitrogen and oxygen atoms in total. The maximum atomic E-state index is 12.7. The molecule has 26 heavy (non-hydrogen) atoms. The first-order valence-corrected chi connectivity index (χ1v) is 10.2. The number of sulfone groups is 1. The van der Waals surface area contributed by atoms with Gasteiger partial charge in [0.05, 0.1) is 23.9 Å². The monoisotopic (exact) mass is 369 g/mol. The predicted molar refractivity (Wildman–Crippen MR) is 100 cm³/mol. The Kier molecular flexibility index (Phi) is 4.38. The van der Waals surface area contributed by atoms with Gasteiger partial charge in [0.2, 0.25) is 0 Å². The molecule has 2 aliphatic rings. The van der Waals surface area contributed by atoms with E-state index < -0.39 is 9.84 Å². The average Bonchev–Trinajstić information content (AvgIpc) is 2.67. The Morgan fingerprint density at radius 1 is 0.962 bits per heavy atom. The van der Waals surface area contributed by atoms with E-state index in [9.17, 15) is 13.2 Å². The number of nitrogens with zero attached hydrogens (tertiary/aromatic N) is 1. The molecule has 1 fully saturated rings. The van der Waals surface area contributed by atoms with E-state index in [2.05, 4.69) is 4.90 Å². The maximum Gasteiger partial charge on any atom is 0.191 e. The van der Waals surface area contributed by atoms with Gasteiger partial charge in [0, 0.05) is 29.9 Å². The van der Waals surface area contributed by atoms with Crippen molar-refractivity contribution in [2.45, 2.75) is 4.90 Å². The molecular formula is C20H19NO4S. The summed E-state index contributed by atoms with van der Waals surface area (Å²) in [5.41, 5.74) is 2.49. The van der Waals surface area contributed by atoms with Crippen LogP contribution in [0.25, 0.3) is 6.08 Å². The van der Waals surface area contributed by atoms with Crippen LogP contribution in [-0.4, -0.2) is 46.3 Å². The van der Waals surface area contributed by atoms with Gasteiger partial charge < -0.3 is 9.64 Å². The SMILES string of the molecule is O=C1C(=Cc2ccc(N3CCOCC3)cc2)CS(=O)(=O)c2ccccc21. The van der Waals surface area contributed by atoms with Crippen LogP contribution >= 0.6 is 0 Å². The van der Waals surface area contributed by atoms with E-state index in [1.807, 2.05) is 24.3 Å². The van der Waals surface area contributed by atoms with E-state index in [0.717, 1.165) is 37.6 Å². The van der Waals surface area contributed by atoms with Gasteiger partial charge in [-0.15, -0.1) is 0 Å². The van der Waals surface area contributed by atoms with Gasteiger partial charge in [-0.05, 0) is 35.9 Å². The number of benzene rings is 2. The van der Waals surface area contributed by atoms with E-state index in [4.69, 9.17) is 4.74 Å². The highest BCUT2D eigenvalue weighted by Gasteiger charge is 2.32. The fraction of sp³-hybridized carbons (Fsp3) is 0.250. The fourth-order valence-electron chi connectivity index (χ4n) is 3.36. The summed E-state index contributed by atoms with van der Waals surface area (Å²) in [5.74, 6) is -0.471. The van der Waals surface area contributed by atoms with Gasteiger partial charge in [-0.25, -0.2) is 8.42 Å². The Morgan fingerprint density at radius 3 is 2.38 bits per heavy atom. The summed E-state index contributed by atoms with van der Waals surface area (Å²) in [4.78, 5) is 15.0. The van der Waals surface area contributed by atoms with Crippen molar-refractivity contribution in [3.63, 3.8) is 0 Å². The first kappa shape index (κ1) is 17.0. The fourth-order valence-corrected chi connectivity index (χ4v) is 4.92. The molecule has 0 atom stereocenters. The van der Waals surface area contributed by atoms with Gasteiger partial charge in [-0.3, -0.25) is 4.79 Å². The van der Waals surface area contributed by atoms with Crippen molar-refractivity contribution in [2.24, 2.45) is 0 Å². The lowest BCUT2D eigenvalue weighted by Crippen LogP contribution is -2.36. The number of carbonyl (C=O) groups excluding carboxylic acids is 1. The summed E-state index contributed by atoms with van der Waals surface area (Å²) >= 11 is 0. The Labute approximate surface area is 152 Å². The molecule has 0 N–H and O–H groups in total. The highest BCUT2D eigenvalue weighted by molar-refractivity contribution is 7.91. The van der Waals surface area contributed by atoms with Crippen LogP contribution in [0.2, 0.25) is 0 Å². The number of hydrogen-bond donors (Lipinski definition) is 0. The van der Waals surface area contributed by atoms with Gasteiger partial charge in [-0.2, -0.15) is 0 Å². The lowest BCUT2D eigenvalue weighted by atomic mass is 10.0. The minimum Gasteiger partial charge on any atom is -0.378 e. The molecule has 6 heteroatoms.